The van der Waals surface area contributed by atoms with Gasteiger partial charge in [-0.3, -0.25) is 4.79 Å². The summed E-state index contributed by atoms with van der Waals surface area (Å²) in [5.41, 5.74) is 3.75. The molecule has 0 atom stereocenters. The lowest BCUT2D eigenvalue weighted by molar-refractivity contribution is -0.119. The van der Waals surface area contributed by atoms with Crippen molar-refractivity contribution in [1.82, 2.24) is 4.57 Å². The van der Waals surface area contributed by atoms with Crippen LogP contribution in [0.15, 0.2) is 48.5 Å². The quantitative estimate of drug-likeness (QED) is 0.523. The number of rotatable bonds is 8. The fourth-order valence-corrected chi connectivity index (χ4v) is 3.44. The Hall–Kier alpha value is -3.96. The molecule has 0 bridgehead atoms. The van der Waals surface area contributed by atoms with E-state index in [1.54, 1.807) is 48.9 Å². The first kappa shape index (κ1) is 23.7. The van der Waals surface area contributed by atoms with Crippen molar-refractivity contribution in [2.45, 2.75) is 27.0 Å². The predicted molar refractivity (Wildman–Crippen MR) is 120 cm³/mol. The molecule has 33 heavy (non-hydrogen) atoms. The Balaban J connectivity index is 1.74. The molecule has 0 aliphatic rings. The standard InChI is InChI=1S/C25H24FN3O4/c1-16-17(2)29(13-18-7-9-21(26)10-8-18)24(22(16)12-27)28-23(30)15-33-25(31)20-6-4-5-19(11-20)14-32-3/h4-11H,13-15H2,1-3H3,(H,28,30). The molecule has 0 saturated carbocycles. The number of halogens is 1. The van der Waals surface area contributed by atoms with Crippen LogP contribution in [0.4, 0.5) is 10.2 Å². The summed E-state index contributed by atoms with van der Waals surface area (Å²) in [7, 11) is 1.56. The molecule has 1 amide bonds. The van der Waals surface area contributed by atoms with E-state index in [2.05, 4.69) is 11.4 Å². The molecule has 1 heterocycles. The van der Waals surface area contributed by atoms with Gasteiger partial charge in [0.2, 0.25) is 0 Å². The minimum atomic E-state index is -0.641. The Kier molecular flexibility index (Phi) is 7.59. The molecule has 0 aliphatic carbocycles. The molecule has 0 aliphatic heterocycles. The van der Waals surface area contributed by atoms with Gasteiger partial charge in [0, 0.05) is 19.3 Å². The number of anilines is 1. The van der Waals surface area contributed by atoms with Gasteiger partial charge in [-0.25, -0.2) is 9.18 Å². The lowest BCUT2D eigenvalue weighted by Gasteiger charge is -2.13. The van der Waals surface area contributed by atoms with Gasteiger partial charge in [-0.05, 0) is 54.8 Å². The largest absolute Gasteiger partial charge is 0.452 e. The van der Waals surface area contributed by atoms with Crippen LogP contribution in [-0.2, 0) is 27.4 Å². The molecule has 2 aromatic carbocycles. The van der Waals surface area contributed by atoms with Gasteiger partial charge >= 0.3 is 5.97 Å². The third-order valence-corrected chi connectivity index (χ3v) is 5.26. The summed E-state index contributed by atoms with van der Waals surface area (Å²) in [6, 6.07) is 14.9. The van der Waals surface area contributed by atoms with Crippen LogP contribution in [0.1, 0.15) is 38.3 Å². The number of ether oxygens (including phenoxy) is 2. The van der Waals surface area contributed by atoms with Crippen molar-refractivity contribution < 1.29 is 23.5 Å². The summed E-state index contributed by atoms with van der Waals surface area (Å²) in [6.45, 7) is 3.79. The molecule has 3 rings (SSSR count). The number of esters is 1. The molecule has 0 spiro atoms. The third-order valence-electron chi connectivity index (χ3n) is 5.26. The molecule has 0 saturated heterocycles. The van der Waals surface area contributed by atoms with Gasteiger partial charge in [0.15, 0.2) is 6.61 Å². The maximum absolute atomic E-state index is 13.3. The monoisotopic (exact) mass is 449 g/mol. The molecule has 0 fully saturated rings. The Labute approximate surface area is 191 Å². The third kappa shape index (κ3) is 5.64. The molecule has 1 N–H and O–H groups in total. The number of benzene rings is 2. The second-order valence-corrected chi connectivity index (χ2v) is 7.52. The zero-order valence-electron chi connectivity index (χ0n) is 18.6. The summed E-state index contributed by atoms with van der Waals surface area (Å²) >= 11 is 0. The Morgan fingerprint density at radius 1 is 1.12 bits per heavy atom. The molecule has 170 valence electrons. The number of nitrogens with one attached hydrogen (secondary N) is 1. The molecule has 7 nitrogen and oxygen atoms in total. The zero-order valence-corrected chi connectivity index (χ0v) is 18.6. The maximum atomic E-state index is 13.3. The number of hydrogen-bond acceptors (Lipinski definition) is 5. The van der Waals surface area contributed by atoms with E-state index in [0.29, 0.717) is 30.1 Å². The van der Waals surface area contributed by atoms with Crippen LogP contribution in [-0.4, -0.2) is 30.2 Å². The lowest BCUT2D eigenvalue weighted by atomic mass is 10.1. The second kappa shape index (κ2) is 10.6. The maximum Gasteiger partial charge on any atom is 0.338 e. The van der Waals surface area contributed by atoms with Crippen molar-refractivity contribution in [3.05, 3.63) is 87.9 Å². The van der Waals surface area contributed by atoms with E-state index in [9.17, 15) is 19.2 Å². The van der Waals surface area contributed by atoms with E-state index in [0.717, 1.165) is 22.4 Å². The van der Waals surface area contributed by atoms with E-state index < -0.39 is 18.5 Å². The first-order valence-electron chi connectivity index (χ1n) is 10.2. The molecule has 0 unspecified atom stereocenters. The number of nitriles is 1. The SMILES string of the molecule is COCc1cccc(C(=O)OCC(=O)Nc2c(C#N)c(C)c(C)n2Cc2ccc(F)cc2)c1. The summed E-state index contributed by atoms with van der Waals surface area (Å²) in [5.74, 6) is -1.26. The summed E-state index contributed by atoms with van der Waals surface area (Å²) in [5, 5.41) is 12.3. The second-order valence-electron chi connectivity index (χ2n) is 7.52. The topological polar surface area (TPSA) is 93.3 Å². The number of nitrogens with zero attached hydrogens (tertiary/aromatic N) is 2. The molecule has 0 radical (unpaired) electrons. The molecule has 3 aromatic rings. The van der Waals surface area contributed by atoms with Crippen LogP contribution in [0.3, 0.4) is 0 Å². The van der Waals surface area contributed by atoms with Gasteiger partial charge in [0.05, 0.1) is 17.7 Å². The highest BCUT2D eigenvalue weighted by molar-refractivity contribution is 5.96. The Morgan fingerprint density at radius 3 is 2.52 bits per heavy atom. The normalized spacial score (nSPS) is 10.5. The molecular formula is C25H24FN3O4. The molecule has 8 heteroatoms. The van der Waals surface area contributed by atoms with Crippen molar-refractivity contribution >= 4 is 17.7 Å². The zero-order chi connectivity index (χ0) is 24.0. The number of amides is 1. The van der Waals surface area contributed by atoms with E-state index >= 15 is 0 Å². The minimum absolute atomic E-state index is 0.306. The lowest BCUT2D eigenvalue weighted by Crippen LogP contribution is -2.23. The summed E-state index contributed by atoms with van der Waals surface area (Å²) < 4.78 is 25.2. The first-order valence-corrected chi connectivity index (χ1v) is 10.2. The number of carbonyl (C=O) groups excluding carboxylic acids is 2. The van der Waals surface area contributed by atoms with Crippen molar-refractivity contribution in [1.29, 1.82) is 5.26 Å². The Bertz CT molecular complexity index is 1210. The van der Waals surface area contributed by atoms with Crippen molar-refractivity contribution in [2.75, 3.05) is 19.0 Å². The Morgan fingerprint density at radius 2 is 1.85 bits per heavy atom. The van der Waals surface area contributed by atoms with Gasteiger partial charge in [-0.2, -0.15) is 5.26 Å². The van der Waals surface area contributed by atoms with E-state index in [1.165, 1.54) is 12.1 Å². The van der Waals surface area contributed by atoms with Crippen molar-refractivity contribution in [3.8, 4) is 6.07 Å². The van der Waals surface area contributed by atoms with Crippen LogP contribution in [0.2, 0.25) is 0 Å². The summed E-state index contributed by atoms with van der Waals surface area (Å²) in [6.07, 6.45) is 0. The first-order chi connectivity index (χ1) is 15.8. The van der Waals surface area contributed by atoms with Crippen LogP contribution < -0.4 is 5.32 Å². The van der Waals surface area contributed by atoms with E-state index in [-0.39, 0.29) is 5.82 Å². The smallest absolute Gasteiger partial charge is 0.338 e. The van der Waals surface area contributed by atoms with Crippen molar-refractivity contribution in [3.63, 3.8) is 0 Å². The van der Waals surface area contributed by atoms with Gasteiger partial charge < -0.3 is 19.4 Å². The van der Waals surface area contributed by atoms with Crippen LogP contribution in [0.5, 0.6) is 0 Å². The van der Waals surface area contributed by atoms with Crippen molar-refractivity contribution in [2.24, 2.45) is 0 Å². The van der Waals surface area contributed by atoms with Gasteiger partial charge in [0.1, 0.15) is 17.7 Å². The number of hydrogen-bond donors (Lipinski definition) is 1. The van der Waals surface area contributed by atoms with Gasteiger partial charge in [-0.15, -0.1) is 0 Å². The highest BCUT2D eigenvalue weighted by Gasteiger charge is 2.20. The summed E-state index contributed by atoms with van der Waals surface area (Å²) in [4.78, 5) is 24.9. The van der Waals surface area contributed by atoms with E-state index in [4.69, 9.17) is 9.47 Å². The van der Waals surface area contributed by atoms with Gasteiger partial charge in [0.25, 0.3) is 5.91 Å². The highest BCUT2D eigenvalue weighted by atomic mass is 19.1. The van der Waals surface area contributed by atoms with E-state index in [1.807, 2.05) is 13.0 Å². The van der Waals surface area contributed by atoms with Gasteiger partial charge in [-0.1, -0.05) is 24.3 Å². The molecular weight excluding hydrogens is 425 g/mol. The van der Waals surface area contributed by atoms with Crippen LogP contribution >= 0.6 is 0 Å². The fraction of sp³-hybridized carbons (Fsp3) is 0.240. The number of methoxy groups -OCH3 is 1. The molecule has 1 aromatic heterocycles. The fourth-order valence-electron chi connectivity index (χ4n) is 3.44. The average Bonchev–Trinajstić information content (AvgIpc) is 3.03. The number of aromatic nitrogens is 1. The van der Waals surface area contributed by atoms with Crippen LogP contribution in [0.25, 0.3) is 0 Å². The highest BCUT2D eigenvalue weighted by Crippen LogP contribution is 2.27. The number of carbonyl (C=O) groups is 2. The van der Waals surface area contributed by atoms with Crippen LogP contribution in [0, 0.1) is 31.0 Å². The average molecular weight is 449 g/mol. The predicted octanol–water partition coefficient (Wildman–Crippen LogP) is 4.11. The minimum Gasteiger partial charge on any atom is -0.452 e.